The molecule has 0 aliphatic carbocycles. The number of nitrogens with zero attached hydrogens (tertiary/aromatic N) is 2. The van der Waals surface area contributed by atoms with E-state index in [9.17, 15) is 13.6 Å². The standard InChI is InChI=1S/C16H19F2N3O2S2/c1-10(24)19-8-12-9-21(16(22)23-12)11-6-13(17)15(14(18)7-11)20-2-4-25-5-3-20/h6-7,12H,2-5,8-9H2,1H3,(H,19,24)/t12-/m0/s1. The first-order chi connectivity index (χ1) is 12.0. The number of halogens is 2. The lowest BCUT2D eigenvalue weighted by Gasteiger charge is -2.29. The van der Waals surface area contributed by atoms with Crippen LogP contribution in [-0.4, -0.2) is 54.9 Å². The zero-order valence-corrected chi connectivity index (χ0v) is 15.4. The van der Waals surface area contributed by atoms with E-state index >= 15 is 0 Å². The van der Waals surface area contributed by atoms with Gasteiger partial charge in [0.15, 0.2) is 11.6 Å². The van der Waals surface area contributed by atoms with Crippen molar-refractivity contribution in [2.24, 2.45) is 0 Å². The van der Waals surface area contributed by atoms with E-state index in [0.717, 1.165) is 11.5 Å². The zero-order valence-electron chi connectivity index (χ0n) is 13.8. The highest BCUT2D eigenvalue weighted by Crippen LogP contribution is 2.32. The molecule has 1 N–H and O–H groups in total. The van der Waals surface area contributed by atoms with Crippen LogP contribution in [0, 0.1) is 11.6 Å². The van der Waals surface area contributed by atoms with Gasteiger partial charge in [-0.25, -0.2) is 13.6 Å². The summed E-state index contributed by atoms with van der Waals surface area (Å²) in [6.45, 7) is 3.52. The average molecular weight is 387 g/mol. The quantitative estimate of drug-likeness (QED) is 0.802. The maximum absolute atomic E-state index is 14.5. The summed E-state index contributed by atoms with van der Waals surface area (Å²) in [4.78, 5) is 15.6. The summed E-state index contributed by atoms with van der Waals surface area (Å²) in [5, 5.41) is 2.93. The van der Waals surface area contributed by atoms with Gasteiger partial charge < -0.3 is 15.0 Å². The van der Waals surface area contributed by atoms with Crippen LogP contribution < -0.4 is 15.1 Å². The molecule has 5 nitrogen and oxygen atoms in total. The number of thiocarbonyl (C=S) groups is 1. The first-order valence-corrected chi connectivity index (χ1v) is 9.56. The normalized spacial score (nSPS) is 20.6. The number of thioether (sulfide) groups is 1. The van der Waals surface area contributed by atoms with Crippen LogP contribution in [0.15, 0.2) is 12.1 Å². The SMILES string of the molecule is CC(=S)NC[C@H]1CN(c2cc(F)c(N3CCSCC3)c(F)c2)C(=O)O1. The molecule has 9 heteroatoms. The van der Waals surface area contributed by atoms with Crippen molar-refractivity contribution in [3.05, 3.63) is 23.8 Å². The van der Waals surface area contributed by atoms with Crippen molar-refractivity contribution < 1.29 is 18.3 Å². The van der Waals surface area contributed by atoms with E-state index in [1.54, 1.807) is 23.6 Å². The third kappa shape index (κ3) is 4.14. The van der Waals surface area contributed by atoms with E-state index in [1.807, 2.05) is 0 Å². The molecule has 2 heterocycles. The van der Waals surface area contributed by atoms with Crippen LogP contribution in [0.3, 0.4) is 0 Å². The van der Waals surface area contributed by atoms with Crippen molar-refractivity contribution in [3.8, 4) is 0 Å². The predicted octanol–water partition coefficient (Wildman–Crippen LogP) is 2.78. The molecule has 0 bridgehead atoms. The number of ether oxygens (including phenoxy) is 1. The van der Waals surface area contributed by atoms with Gasteiger partial charge in [0, 0.05) is 36.7 Å². The fourth-order valence-electron chi connectivity index (χ4n) is 2.89. The second-order valence-electron chi connectivity index (χ2n) is 5.91. The summed E-state index contributed by atoms with van der Waals surface area (Å²) in [5.41, 5.74) is 0.142. The van der Waals surface area contributed by atoms with Crippen LogP contribution in [0.4, 0.5) is 25.0 Å². The molecule has 1 atom stereocenters. The van der Waals surface area contributed by atoms with Crippen LogP contribution >= 0.6 is 24.0 Å². The molecule has 136 valence electrons. The van der Waals surface area contributed by atoms with E-state index in [4.69, 9.17) is 17.0 Å². The average Bonchev–Trinajstić information content (AvgIpc) is 2.94. The minimum atomic E-state index is -0.661. The monoisotopic (exact) mass is 387 g/mol. The number of amides is 1. The maximum atomic E-state index is 14.5. The highest BCUT2D eigenvalue weighted by atomic mass is 32.2. The van der Waals surface area contributed by atoms with Gasteiger partial charge in [0.2, 0.25) is 0 Å². The molecule has 2 aliphatic heterocycles. The highest BCUT2D eigenvalue weighted by molar-refractivity contribution is 7.99. The zero-order chi connectivity index (χ0) is 18.0. The fraction of sp³-hybridized carbons (Fsp3) is 0.500. The Balaban J connectivity index is 1.76. The Kier molecular flexibility index (Phi) is 5.63. The van der Waals surface area contributed by atoms with E-state index in [0.29, 0.717) is 24.6 Å². The van der Waals surface area contributed by atoms with E-state index < -0.39 is 23.8 Å². The Morgan fingerprint density at radius 2 is 2.00 bits per heavy atom. The van der Waals surface area contributed by atoms with Crippen LogP contribution in [0.1, 0.15) is 6.92 Å². The van der Waals surface area contributed by atoms with Crippen molar-refractivity contribution in [2.45, 2.75) is 13.0 Å². The molecular weight excluding hydrogens is 368 g/mol. The van der Waals surface area contributed by atoms with Crippen molar-refractivity contribution in [2.75, 3.05) is 47.5 Å². The molecule has 0 unspecified atom stereocenters. The minimum absolute atomic E-state index is 0.0221. The van der Waals surface area contributed by atoms with Crippen molar-refractivity contribution in [1.29, 1.82) is 0 Å². The molecule has 0 saturated carbocycles. The molecule has 2 fully saturated rings. The molecule has 2 aliphatic rings. The lowest BCUT2D eigenvalue weighted by Crippen LogP contribution is -2.34. The Morgan fingerprint density at radius 1 is 1.36 bits per heavy atom. The molecule has 1 aromatic rings. The Hall–Kier alpha value is -1.61. The van der Waals surface area contributed by atoms with Gasteiger partial charge in [-0.3, -0.25) is 4.90 Å². The summed E-state index contributed by atoms with van der Waals surface area (Å²) in [6, 6.07) is 2.39. The predicted molar refractivity (Wildman–Crippen MR) is 99.8 cm³/mol. The Bertz CT molecular complexity index is 660. The number of rotatable bonds is 4. The first-order valence-electron chi connectivity index (χ1n) is 8.00. The minimum Gasteiger partial charge on any atom is -0.442 e. The molecule has 1 amide bonds. The molecule has 2 saturated heterocycles. The van der Waals surface area contributed by atoms with Crippen molar-refractivity contribution in [1.82, 2.24) is 5.32 Å². The fourth-order valence-corrected chi connectivity index (χ4v) is 3.88. The molecular formula is C16H19F2N3O2S2. The van der Waals surface area contributed by atoms with Gasteiger partial charge in [-0.1, -0.05) is 12.2 Å². The smallest absolute Gasteiger partial charge is 0.414 e. The summed E-state index contributed by atoms with van der Waals surface area (Å²) in [7, 11) is 0. The van der Waals surface area contributed by atoms with Gasteiger partial charge in [0.25, 0.3) is 0 Å². The molecule has 25 heavy (non-hydrogen) atoms. The molecule has 1 aromatic carbocycles. The second-order valence-corrected chi connectivity index (χ2v) is 7.75. The number of carbonyl (C=O) groups is 1. The van der Waals surface area contributed by atoms with Gasteiger partial charge in [0.1, 0.15) is 11.8 Å². The molecule has 0 spiro atoms. The Labute approximate surface area is 154 Å². The summed E-state index contributed by atoms with van der Waals surface area (Å²) in [6.07, 6.45) is -1.04. The number of benzene rings is 1. The van der Waals surface area contributed by atoms with Gasteiger partial charge in [0.05, 0.1) is 23.8 Å². The van der Waals surface area contributed by atoms with E-state index in [-0.39, 0.29) is 17.9 Å². The van der Waals surface area contributed by atoms with Crippen molar-refractivity contribution >= 4 is 46.4 Å². The number of hydrogen-bond donors (Lipinski definition) is 1. The highest BCUT2D eigenvalue weighted by Gasteiger charge is 2.33. The third-order valence-electron chi connectivity index (χ3n) is 4.09. The topological polar surface area (TPSA) is 44.8 Å². The number of anilines is 2. The lowest BCUT2D eigenvalue weighted by molar-refractivity contribution is 0.143. The molecule has 3 rings (SSSR count). The van der Waals surface area contributed by atoms with Gasteiger partial charge in [-0.2, -0.15) is 11.8 Å². The van der Waals surface area contributed by atoms with E-state index in [2.05, 4.69) is 5.32 Å². The van der Waals surface area contributed by atoms with Crippen LogP contribution in [0.25, 0.3) is 0 Å². The number of hydrogen-bond acceptors (Lipinski definition) is 5. The van der Waals surface area contributed by atoms with Gasteiger partial charge in [-0.15, -0.1) is 0 Å². The third-order valence-corrected chi connectivity index (χ3v) is 5.18. The Morgan fingerprint density at radius 3 is 2.60 bits per heavy atom. The van der Waals surface area contributed by atoms with Gasteiger partial charge in [-0.05, 0) is 6.92 Å². The summed E-state index contributed by atoms with van der Waals surface area (Å²) < 4.78 is 34.3. The molecule has 0 radical (unpaired) electrons. The lowest BCUT2D eigenvalue weighted by atomic mass is 10.2. The van der Waals surface area contributed by atoms with E-state index in [1.165, 1.54) is 17.0 Å². The maximum Gasteiger partial charge on any atom is 0.414 e. The largest absolute Gasteiger partial charge is 0.442 e. The second kappa shape index (κ2) is 7.74. The van der Waals surface area contributed by atoms with Crippen LogP contribution in [-0.2, 0) is 4.74 Å². The summed E-state index contributed by atoms with van der Waals surface area (Å²) >= 11 is 6.69. The number of nitrogens with one attached hydrogen (secondary N) is 1. The van der Waals surface area contributed by atoms with Crippen LogP contribution in [0.2, 0.25) is 0 Å². The first kappa shape index (κ1) is 18.2. The van der Waals surface area contributed by atoms with Crippen LogP contribution in [0.5, 0.6) is 0 Å². The molecule has 0 aromatic heterocycles. The summed E-state index contributed by atoms with van der Waals surface area (Å²) in [5.74, 6) is 0.358. The number of cyclic esters (lactones) is 1. The number of carbonyl (C=O) groups excluding carboxylic acids is 1. The van der Waals surface area contributed by atoms with Gasteiger partial charge >= 0.3 is 6.09 Å². The van der Waals surface area contributed by atoms with Crippen molar-refractivity contribution in [3.63, 3.8) is 0 Å².